The lowest BCUT2D eigenvalue weighted by molar-refractivity contribution is 0.188. The highest BCUT2D eigenvalue weighted by Crippen LogP contribution is 2.28. The van der Waals surface area contributed by atoms with Crippen LogP contribution in [0.2, 0.25) is 0 Å². The van der Waals surface area contributed by atoms with Gasteiger partial charge in [0.15, 0.2) is 0 Å². The van der Waals surface area contributed by atoms with Crippen LogP contribution in [0.25, 0.3) is 0 Å². The van der Waals surface area contributed by atoms with Gasteiger partial charge in [-0.25, -0.2) is 4.79 Å². The van der Waals surface area contributed by atoms with Gasteiger partial charge in [-0.3, -0.25) is 0 Å². The summed E-state index contributed by atoms with van der Waals surface area (Å²) in [4.78, 5) is 14.1. The summed E-state index contributed by atoms with van der Waals surface area (Å²) in [5.74, 6) is 0. The summed E-state index contributed by atoms with van der Waals surface area (Å²) >= 11 is 0. The van der Waals surface area contributed by atoms with E-state index in [0.717, 1.165) is 13.1 Å². The monoisotopic (exact) mass is 223 g/mol. The zero-order valence-electron chi connectivity index (χ0n) is 9.74. The summed E-state index contributed by atoms with van der Waals surface area (Å²) < 4.78 is 0. The number of carbonyl (C=O) groups is 1. The van der Waals surface area contributed by atoms with Crippen molar-refractivity contribution in [3.8, 4) is 0 Å². The maximum absolute atomic E-state index is 12.0. The van der Waals surface area contributed by atoms with Crippen molar-refractivity contribution in [3.63, 3.8) is 0 Å². The molecule has 1 saturated heterocycles. The van der Waals surface area contributed by atoms with Crippen molar-refractivity contribution in [2.24, 2.45) is 0 Å². The lowest BCUT2D eigenvalue weighted by atomic mass is 10.2. The van der Waals surface area contributed by atoms with Crippen molar-refractivity contribution in [3.05, 3.63) is 0 Å². The highest BCUT2D eigenvalue weighted by molar-refractivity contribution is 5.75. The summed E-state index contributed by atoms with van der Waals surface area (Å²) in [6, 6.07) is 1.72. The Morgan fingerprint density at radius 1 is 1.25 bits per heavy atom. The van der Waals surface area contributed by atoms with Gasteiger partial charge >= 0.3 is 6.03 Å². The summed E-state index contributed by atoms with van der Waals surface area (Å²) in [5, 5.41) is 6.58. The number of nitrogens with one attached hydrogen (secondary N) is 2. The minimum absolute atomic E-state index is 0.179. The van der Waals surface area contributed by atoms with E-state index in [9.17, 15) is 4.79 Å². The fourth-order valence-electron chi connectivity index (χ4n) is 2.42. The topological polar surface area (TPSA) is 44.4 Å². The van der Waals surface area contributed by atoms with Crippen LogP contribution in [0.1, 0.15) is 38.5 Å². The zero-order chi connectivity index (χ0) is 11.0. The Hall–Kier alpha value is -0.770. The molecule has 1 heterocycles. The fraction of sp³-hybridized carbons (Fsp3) is 0.917. The van der Waals surface area contributed by atoms with E-state index >= 15 is 0 Å². The van der Waals surface area contributed by atoms with Gasteiger partial charge in [0.05, 0.1) is 0 Å². The normalized spacial score (nSPS) is 29.1. The van der Waals surface area contributed by atoms with E-state index in [0.29, 0.717) is 18.1 Å². The summed E-state index contributed by atoms with van der Waals surface area (Å²) in [7, 11) is 0. The van der Waals surface area contributed by atoms with Crippen molar-refractivity contribution in [1.29, 1.82) is 0 Å². The van der Waals surface area contributed by atoms with Crippen LogP contribution < -0.4 is 10.6 Å². The maximum Gasteiger partial charge on any atom is 0.317 e. The van der Waals surface area contributed by atoms with E-state index < -0.39 is 0 Å². The molecule has 0 radical (unpaired) electrons. The van der Waals surface area contributed by atoms with E-state index in [1.807, 2.05) is 0 Å². The first-order valence-electron chi connectivity index (χ1n) is 6.63. The molecule has 4 nitrogen and oxygen atoms in total. The van der Waals surface area contributed by atoms with Gasteiger partial charge in [0, 0.05) is 24.7 Å². The maximum atomic E-state index is 12.0. The molecule has 1 aliphatic heterocycles. The van der Waals surface area contributed by atoms with E-state index in [-0.39, 0.29) is 6.03 Å². The van der Waals surface area contributed by atoms with Crippen LogP contribution in [0, 0.1) is 0 Å². The summed E-state index contributed by atoms with van der Waals surface area (Å²) in [6.45, 7) is 2.02. The van der Waals surface area contributed by atoms with Crippen LogP contribution in [0.3, 0.4) is 0 Å². The molecule has 2 amide bonds. The molecule has 0 aromatic carbocycles. The quantitative estimate of drug-likeness (QED) is 0.749. The van der Waals surface area contributed by atoms with Crippen LogP contribution in [-0.4, -0.2) is 42.1 Å². The Labute approximate surface area is 96.8 Å². The molecule has 2 saturated carbocycles. The van der Waals surface area contributed by atoms with E-state index in [2.05, 4.69) is 15.5 Å². The van der Waals surface area contributed by atoms with Crippen LogP contribution in [0.5, 0.6) is 0 Å². The number of nitrogens with zero attached hydrogens (tertiary/aromatic N) is 1. The third-order valence-electron chi connectivity index (χ3n) is 3.73. The van der Waals surface area contributed by atoms with Crippen molar-refractivity contribution in [2.75, 3.05) is 13.1 Å². The Bertz CT molecular complexity index is 267. The highest BCUT2D eigenvalue weighted by atomic mass is 16.2. The minimum atomic E-state index is 0.179. The molecule has 2 aliphatic carbocycles. The second-order valence-electron chi connectivity index (χ2n) is 5.40. The van der Waals surface area contributed by atoms with Gasteiger partial charge in [-0.1, -0.05) is 0 Å². The Balaban J connectivity index is 1.54. The number of hydrogen-bond donors (Lipinski definition) is 2. The molecule has 0 spiro atoms. The first-order chi connectivity index (χ1) is 7.83. The summed E-state index contributed by atoms with van der Waals surface area (Å²) in [5.41, 5.74) is 0. The molecule has 0 bridgehead atoms. The largest absolute Gasteiger partial charge is 0.335 e. The van der Waals surface area contributed by atoms with Gasteiger partial charge in [0.2, 0.25) is 0 Å². The third-order valence-corrected chi connectivity index (χ3v) is 3.73. The molecule has 1 atom stereocenters. The molecular formula is C12H21N3O. The third kappa shape index (κ3) is 2.48. The SMILES string of the molecule is O=C(NC1CC1)N(CC1CCCN1)C1CC1. The highest BCUT2D eigenvalue weighted by Gasteiger charge is 2.36. The smallest absolute Gasteiger partial charge is 0.317 e. The molecule has 0 aromatic rings. The van der Waals surface area contributed by atoms with Crippen LogP contribution in [-0.2, 0) is 0 Å². The first kappa shape index (κ1) is 10.4. The molecule has 2 N–H and O–H groups in total. The molecule has 3 fully saturated rings. The Morgan fingerprint density at radius 3 is 2.62 bits per heavy atom. The molecule has 3 aliphatic rings. The van der Waals surface area contributed by atoms with Crippen molar-refractivity contribution in [1.82, 2.24) is 15.5 Å². The fourth-order valence-corrected chi connectivity index (χ4v) is 2.42. The average Bonchev–Trinajstić information content (AvgIpc) is 3.18. The number of carbonyl (C=O) groups excluding carboxylic acids is 1. The Kier molecular flexibility index (Phi) is 2.75. The number of hydrogen-bond acceptors (Lipinski definition) is 2. The molecule has 0 aromatic heterocycles. The number of rotatable bonds is 4. The van der Waals surface area contributed by atoms with Gasteiger partial charge in [-0.2, -0.15) is 0 Å². The van der Waals surface area contributed by atoms with Gasteiger partial charge < -0.3 is 15.5 Å². The van der Waals surface area contributed by atoms with E-state index in [1.54, 1.807) is 0 Å². The van der Waals surface area contributed by atoms with Gasteiger partial charge in [0.25, 0.3) is 0 Å². The van der Waals surface area contributed by atoms with E-state index in [1.165, 1.54) is 38.5 Å². The molecule has 4 heteroatoms. The average molecular weight is 223 g/mol. The van der Waals surface area contributed by atoms with E-state index in [4.69, 9.17) is 0 Å². The molecular weight excluding hydrogens is 202 g/mol. The first-order valence-corrected chi connectivity index (χ1v) is 6.63. The predicted octanol–water partition coefficient (Wildman–Crippen LogP) is 1.07. The minimum Gasteiger partial charge on any atom is -0.335 e. The van der Waals surface area contributed by atoms with Crippen molar-refractivity contribution < 1.29 is 4.79 Å². The molecule has 1 unspecified atom stereocenters. The standard InChI is InChI=1S/C12H21N3O/c16-12(14-9-3-4-9)15(11-5-6-11)8-10-2-1-7-13-10/h9-11,13H,1-8H2,(H,14,16). The lowest BCUT2D eigenvalue weighted by Crippen LogP contribution is -2.47. The number of amides is 2. The lowest BCUT2D eigenvalue weighted by Gasteiger charge is -2.26. The van der Waals surface area contributed by atoms with Crippen molar-refractivity contribution in [2.45, 2.75) is 56.7 Å². The van der Waals surface area contributed by atoms with Crippen LogP contribution >= 0.6 is 0 Å². The Morgan fingerprint density at radius 2 is 2.06 bits per heavy atom. The van der Waals surface area contributed by atoms with Crippen LogP contribution in [0.4, 0.5) is 4.79 Å². The zero-order valence-corrected chi connectivity index (χ0v) is 9.74. The second-order valence-corrected chi connectivity index (χ2v) is 5.40. The van der Waals surface area contributed by atoms with Gasteiger partial charge in [-0.15, -0.1) is 0 Å². The second kappa shape index (κ2) is 4.24. The van der Waals surface area contributed by atoms with Gasteiger partial charge in [0.1, 0.15) is 0 Å². The van der Waals surface area contributed by atoms with Gasteiger partial charge in [-0.05, 0) is 45.1 Å². The van der Waals surface area contributed by atoms with Crippen LogP contribution in [0.15, 0.2) is 0 Å². The van der Waals surface area contributed by atoms with Crippen molar-refractivity contribution >= 4 is 6.03 Å². The molecule has 16 heavy (non-hydrogen) atoms. The number of urea groups is 1. The predicted molar refractivity (Wildman–Crippen MR) is 62.3 cm³/mol. The molecule has 3 rings (SSSR count). The summed E-state index contributed by atoms with van der Waals surface area (Å²) in [6.07, 6.45) is 7.22. The molecule has 90 valence electrons.